The average Bonchev–Trinajstić information content (AvgIpc) is 3.10. The predicted molar refractivity (Wildman–Crippen MR) is 108 cm³/mol. The van der Waals surface area contributed by atoms with Gasteiger partial charge in [0.1, 0.15) is 11.5 Å². The fourth-order valence-electron chi connectivity index (χ4n) is 2.22. The van der Waals surface area contributed by atoms with E-state index in [-0.39, 0.29) is 5.11 Å². The van der Waals surface area contributed by atoms with Crippen LogP contribution >= 0.6 is 35.4 Å². The number of hydrogen-bond donors (Lipinski definition) is 1. The number of furan rings is 1. The molecule has 8 heteroatoms. The lowest BCUT2D eigenvalue weighted by atomic mass is 10.2. The minimum atomic E-state index is 0.148. The van der Waals surface area contributed by atoms with Gasteiger partial charge in [0.15, 0.2) is 5.11 Å². The molecule has 0 atom stereocenters. The molecular formula is C18H14Cl2N4OS. The number of aromatic nitrogens is 1. The molecule has 0 fully saturated rings. The Morgan fingerprint density at radius 2 is 2.12 bits per heavy atom. The van der Waals surface area contributed by atoms with Crippen LogP contribution in [0.4, 0.5) is 0 Å². The van der Waals surface area contributed by atoms with Gasteiger partial charge in [0.2, 0.25) is 0 Å². The summed E-state index contributed by atoms with van der Waals surface area (Å²) >= 11 is 17.3. The van der Waals surface area contributed by atoms with E-state index in [1.165, 1.54) is 11.2 Å². The lowest BCUT2D eigenvalue weighted by molar-refractivity contribution is 0.442. The summed E-state index contributed by atoms with van der Waals surface area (Å²) < 4.78 is 5.77. The second-order valence-electron chi connectivity index (χ2n) is 5.33. The van der Waals surface area contributed by atoms with Crippen molar-refractivity contribution in [2.75, 3.05) is 0 Å². The zero-order chi connectivity index (χ0) is 18.5. The number of benzene rings is 1. The molecule has 2 aromatic heterocycles. The van der Waals surface area contributed by atoms with Crippen LogP contribution < -0.4 is 5.73 Å². The van der Waals surface area contributed by atoms with Crippen LogP contribution in [0.2, 0.25) is 10.0 Å². The van der Waals surface area contributed by atoms with Crippen LogP contribution in [0.25, 0.3) is 11.3 Å². The molecule has 5 nitrogen and oxygen atoms in total. The molecule has 0 spiro atoms. The molecule has 0 saturated heterocycles. The zero-order valence-corrected chi connectivity index (χ0v) is 15.8. The number of hydrazone groups is 1. The van der Waals surface area contributed by atoms with Crippen molar-refractivity contribution < 1.29 is 4.42 Å². The molecule has 2 heterocycles. The summed E-state index contributed by atoms with van der Waals surface area (Å²) in [6, 6.07) is 12.5. The molecule has 0 amide bonds. The summed E-state index contributed by atoms with van der Waals surface area (Å²) in [4.78, 5) is 4.06. The van der Waals surface area contributed by atoms with Crippen LogP contribution in [0.5, 0.6) is 0 Å². The van der Waals surface area contributed by atoms with Crippen LogP contribution in [-0.2, 0) is 6.54 Å². The smallest absolute Gasteiger partial charge is 0.187 e. The molecule has 3 aromatic rings. The lowest BCUT2D eigenvalue weighted by Gasteiger charge is -2.16. The summed E-state index contributed by atoms with van der Waals surface area (Å²) in [6.45, 7) is 0.410. The fraction of sp³-hybridized carbons (Fsp3) is 0.0556. The molecule has 0 bridgehead atoms. The molecular weight excluding hydrogens is 391 g/mol. The summed E-state index contributed by atoms with van der Waals surface area (Å²) in [6.07, 6.45) is 4.97. The van der Waals surface area contributed by atoms with Crippen molar-refractivity contribution in [3.8, 4) is 11.3 Å². The van der Waals surface area contributed by atoms with Gasteiger partial charge in [-0.15, -0.1) is 0 Å². The Balaban J connectivity index is 1.78. The number of rotatable bonds is 5. The first-order valence-electron chi connectivity index (χ1n) is 7.58. The first kappa shape index (κ1) is 18.4. The van der Waals surface area contributed by atoms with Gasteiger partial charge in [-0.1, -0.05) is 29.3 Å². The molecule has 132 valence electrons. The predicted octanol–water partition coefficient (Wildman–Crippen LogP) is 4.73. The highest BCUT2D eigenvalue weighted by molar-refractivity contribution is 7.80. The molecule has 0 radical (unpaired) electrons. The molecule has 2 N–H and O–H groups in total. The van der Waals surface area contributed by atoms with Crippen LogP contribution in [0.1, 0.15) is 11.3 Å². The maximum Gasteiger partial charge on any atom is 0.187 e. The van der Waals surface area contributed by atoms with Gasteiger partial charge in [-0.3, -0.25) is 4.98 Å². The molecule has 3 rings (SSSR count). The van der Waals surface area contributed by atoms with E-state index in [1.54, 1.807) is 42.7 Å². The van der Waals surface area contributed by atoms with Gasteiger partial charge in [-0.05, 0) is 54.2 Å². The van der Waals surface area contributed by atoms with Gasteiger partial charge in [0.05, 0.1) is 17.8 Å². The van der Waals surface area contributed by atoms with E-state index in [0.717, 1.165) is 5.56 Å². The third-order valence-corrected chi connectivity index (χ3v) is 4.23. The Bertz CT molecular complexity index is 943. The van der Waals surface area contributed by atoms with Gasteiger partial charge >= 0.3 is 0 Å². The van der Waals surface area contributed by atoms with Crippen molar-refractivity contribution in [1.82, 2.24) is 9.99 Å². The minimum Gasteiger partial charge on any atom is -0.455 e. The minimum absolute atomic E-state index is 0.148. The highest BCUT2D eigenvalue weighted by Gasteiger charge is 2.10. The van der Waals surface area contributed by atoms with E-state index in [1.807, 2.05) is 12.1 Å². The van der Waals surface area contributed by atoms with Crippen molar-refractivity contribution >= 4 is 46.7 Å². The molecule has 1 aromatic carbocycles. The van der Waals surface area contributed by atoms with Crippen LogP contribution in [0.3, 0.4) is 0 Å². The Morgan fingerprint density at radius 3 is 2.85 bits per heavy atom. The van der Waals surface area contributed by atoms with E-state index in [4.69, 9.17) is 45.6 Å². The Labute approximate surface area is 166 Å². The lowest BCUT2D eigenvalue weighted by Crippen LogP contribution is -2.30. The molecule has 0 aliphatic heterocycles. The van der Waals surface area contributed by atoms with E-state index in [9.17, 15) is 0 Å². The van der Waals surface area contributed by atoms with E-state index < -0.39 is 0 Å². The Kier molecular flexibility index (Phi) is 5.88. The van der Waals surface area contributed by atoms with Gasteiger partial charge < -0.3 is 10.2 Å². The fourth-order valence-corrected chi connectivity index (χ4v) is 2.71. The maximum atomic E-state index is 6.20. The first-order chi connectivity index (χ1) is 12.5. The number of halogens is 2. The van der Waals surface area contributed by atoms with Crippen molar-refractivity contribution in [2.45, 2.75) is 6.54 Å². The van der Waals surface area contributed by atoms with E-state index in [0.29, 0.717) is 33.7 Å². The summed E-state index contributed by atoms with van der Waals surface area (Å²) in [5, 5.41) is 7.06. The normalized spacial score (nSPS) is 11.0. The van der Waals surface area contributed by atoms with Crippen LogP contribution in [0.15, 0.2) is 64.4 Å². The molecule has 0 unspecified atom stereocenters. The third kappa shape index (κ3) is 4.60. The molecule has 0 aliphatic carbocycles. The van der Waals surface area contributed by atoms with Crippen molar-refractivity contribution in [1.29, 1.82) is 0 Å². The largest absolute Gasteiger partial charge is 0.455 e. The van der Waals surface area contributed by atoms with Crippen LogP contribution in [0, 0.1) is 0 Å². The van der Waals surface area contributed by atoms with Crippen molar-refractivity contribution in [3.63, 3.8) is 0 Å². The number of hydrogen-bond acceptors (Lipinski definition) is 4. The number of thiocarbonyl (C=S) groups is 1. The molecule has 0 aliphatic rings. The van der Waals surface area contributed by atoms with Gasteiger partial charge in [-0.2, -0.15) is 5.10 Å². The van der Waals surface area contributed by atoms with Crippen molar-refractivity contribution in [3.05, 3.63) is 76.2 Å². The molecule has 26 heavy (non-hydrogen) atoms. The summed E-state index contributed by atoms with van der Waals surface area (Å²) in [5.74, 6) is 1.12. The highest BCUT2D eigenvalue weighted by atomic mass is 35.5. The van der Waals surface area contributed by atoms with Gasteiger partial charge in [0.25, 0.3) is 0 Å². The Morgan fingerprint density at radius 1 is 1.27 bits per heavy atom. The number of nitrogens with zero attached hydrogens (tertiary/aromatic N) is 3. The summed E-state index contributed by atoms with van der Waals surface area (Å²) in [7, 11) is 0. The number of nitrogens with two attached hydrogens (primary N) is 1. The SMILES string of the molecule is NC(=S)N(Cc1cccnc1)N=Cc1ccc(-c2cc(Cl)ccc2Cl)o1. The molecule has 0 saturated carbocycles. The quantitative estimate of drug-likeness (QED) is 0.378. The standard InChI is InChI=1S/C18H14Cl2N4OS/c19-13-3-5-16(20)15(8-13)17-6-4-14(25-17)10-23-24(18(21)26)11-12-2-1-7-22-9-12/h1-10H,11H2,(H2,21,26). The zero-order valence-electron chi connectivity index (χ0n) is 13.5. The third-order valence-electron chi connectivity index (χ3n) is 3.45. The summed E-state index contributed by atoms with van der Waals surface area (Å²) in [5.41, 5.74) is 7.38. The second kappa shape index (κ2) is 8.31. The highest BCUT2D eigenvalue weighted by Crippen LogP contribution is 2.31. The second-order valence-corrected chi connectivity index (χ2v) is 6.59. The first-order valence-corrected chi connectivity index (χ1v) is 8.74. The van der Waals surface area contributed by atoms with Crippen molar-refractivity contribution in [2.24, 2.45) is 10.8 Å². The van der Waals surface area contributed by atoms with E-state index >= 15 is 0 Å². The monoisotopic (exact) mass is 404 g/mol. The average molecular weight is 405 g/mol. The van der Waals surface area contributed by atoms with E-state index in [2.05, 4.69) is 10.1 Å². The van der Waals surface area contributed by atoms with Gasteiger partial charge in [-0.25, -0.2) is 5.01 Å². The Hall–Kier alpha value is -2.41. The van der Waals surface area contributed by atoms with Gasteiger partial charge in [0, 0.05) is 23.0 Å². The number of pyridine rings is 1. The maximum absolute atomic E-state index is 6.20. The topological polar surface area (TPSA) is 67.7 Å². The van der Waals surface area contributed by atoms with Crippen LogP contribution in [-0.4, -0.2) is 21.3 Å².